The van der Waals surface area contributed by atoms with Gasteiger partial charge in [-0.1, -0.05) is 54.5 Å². The van der Waals surface area contributed by atoms with E-state index in [9.17, 15) is 9.90 Å². The summed E-state index contributed by atoms with van der Waals surface area (Å²) in [6.45, 7) is 0.339. The topological polar surface area (TPSA) is 71.5 Å². The number of halogens is 1. The van der Waals surface area contributed by atoms with Gasteiger partial charge in [-0.25, -0.2) is 9.78 Å². The monoisotopic (exact) mass is 448 g/mol. The average Bonchev–Trinajstić information content (AvgIpc) is 3.06. The Hall–Kier alpha value is -3.30. The standard InChI is InChI=1S/C23H17BrN2O3/c24-22-12-11-21(27)20(26-22)10-5-13-25-23(28)29-14-19-17-8-3-1-6-15(17)16-7-2-4-9-18(16)19/h1-4,6-9,11-12,19,27H,13-14H2,(H,25,28). The van der Waals surface area contributed by atoms with E-state index in [0.717, 1.165) is 11.1 Å². The lowest BCUT2D eigenvalue weighted by atomic mass is 9.98. The molecule has 0 spiro atoms. The highest BCUT2D eigenvalue weighted by atomic mass is 79.9. The number of fused-ring (bicyclic) bond motifs is 3. The number of benzene rings is 2. The van der Waals surface area contributed by atoms with Gasteiger partial charge < -0.3 is 15.2 Å². The zero-order valence-electron chi connectivity index (χ0n) is 15.4. The van der Waals surface area contributed by atoms with Crippen molar-refractivity contribution < 1.29 is 14.6 Å². The lowest BCUT2D eigenvalue weighted by Crippen LogP contribution is -2.26. The van der Waals surface area contributed by atoms with Gasteiger partial charge in [0.2, 0.25) is 0 Å². The van der Waals surface area contributed by atoms with E-state index in [0.29, 0.717) is 4.60 Å². The quantitative estimate of drug-likeness (QED) is 0.458. The first-order valence-electron chi connectivity index (χ1n) is 9.06. The average molecular weight is 449 g/mol. The summed E-state index contributed by atoms with van der Waals surface area (Å²) in [5.41, 5.74) is 4.94. The fourth-order valence-corrected chi connectivity index (χ4v) is 3.72. The SMILES string of the molecule is O=C(NCC#Cc1nc(Br)ccc1O)OCC1c2ccccc2-c2ccccc21. The number of aromatic nitrogens is 1. The summed E-state index contributed by atoms with van der Waals surface area (Å²) in [5, 5.41) is 12.3. The maximum absolute atomic E-state index is 12.1. The molecule has 29 heavy (non-hydrogen) atoms. The molecule has 0 bridgehead atoms. The third-order valence-electron chi connectivity index (χ3n) is 4.71. The number of carbonyl (C=O) groups is 1. The number of alkyl carbamates (subject to hydrolysis) is 1. The van der Waals surface area contributed by atoms with Gasteiger partial charge in [-0.05, 0) is 56.2 Å². The minimum Gasteiger partial charge on any atom is -0.505 e. The van der Waals surface area contributed by atoms with E-state index in [4.69, 9.17) is 4.74 Å². The molecule has 6 heteroatoms. The van der Waals surface area contributed by atoms with Gasteiger partial charge in [0.1, 0.15) is 17.0 Å². The molecule has 0 saturated heterocycles. The van der Waals surface area contributed by atoms with Crippen LogP contribution in [0.5, 0.6) is 5.75 Å². The Morgan fingerprint density at radius 2 is 1.72 bits per heavy atom. The van der Waals surface area contributed by atoms with Crippen molar-refractivity contribution in [2.45, 2.75) is 5.92 Å². The predicted molar refractivity (Wildman–Crippen MR) is 114 cm³/mol. The number of rotatable bonds is 3. The van der Waals surface area contributed by atoms with Gasteiger partial charge in [0.05, 0.1) is 6.54 Å². The number of nitrogens with zero attached hydrogens (tertiary/aromatic N) is 1. The van der Waals surface area contributed by atoms with Crippen molar-refractivity contribution in [2.75, 3.05) is 13.2 Å². The Bertz CT molecular complexity index is 1090. The highest BCUT2D eigenvalue weighted by molar-refractivity contribution is 9.10. The van der Waals surface area contributed by atoms with E-state index in [-0.39, 0.29) is 30.5 Å². The van der Waals surface area contributed by atoms with Gasteiger partial charge in [-0.2, -0.15) is 0 Å². The molecule has 3 aromatic rings. The van der Waals surface area contributed by atoms with Gasteiger partial charge in [0.25, 0.3) is 0 Å². The summed E-state index contributed by atoms with van der Waals surface area (Å²) in [6, 6.07) is 19.5. The first-order valence-corrected chi connectivity index (χ1v) is 9.86. The van der Waals surface area contributed by atoms with Crippen LogP contribution >= 0.6 is 15.9 Å². The van der Waals surface area contributed by atoms with Crippen LogP contribution in [0.25, 0.3) is 11.1 Å². The molecule has 1 aliphatic rings. The number of pyridine rings is 1. The van der Waals surface area contributed by atoms with E-state index in [1.807, 2.05) is 24.3 Å². The maximum Gasteiger partial charge on any atom is 0.407 e. The molecule has 2 N–H and O–H groups in total. The Kier molecular flexibility index (Phi) is 5.50. The Morgan fingerprint density at radius 3 is 2.41 bits per heavy atom. The summed E-state index contributed by atoms with van der Waals surface area (Å²) in [7, 11) is 0. The molecule has 2 aromatic carbocycles. The molecule has 1 amide bonds. The van der Waals surface area contributed by atoms with E-state index >= 15 is 0 Å². The van der Waals surface area contributed by atoms with E-state index in [1.165, 1.54) is 17.2 Å². The lowest BCUT2D eigenvalue weighted by molar-refractivity contribution is 0.144. The van der Waals surface area contributed by atoms with Crippen LogP contribution in [0.2, 0.25) is 0 Å². The van der Waals surface area contributed by atoms with Crippen LogP contribution < -0.4 is 5.32 Å². The van der Waals surface area contributed by atoms with Crippen LogP contribution in [-0.4, -0.2) is 29.3 Å². The second-order valence-electron chi connectivity index (χ2n) is 6.48. The van der Waals surface area contributed by atoms with E-state index < -0.39 is 6.09 Å². The number of ether oxygens (including phenoxy) is 1. The predicted octanol–water partition coefficient (Wildman–Crippen LogP) is 4.44. The molecule has 144 valence electrons. The van der Waals surface area contributed by atoms with Gasteiger partial charge in [-0.15, -0.1) is 0 Å². The Morgan fingerprint density at radius 1 is 1.07 bits per heavy atom. The van der Waals surface area contributed by atoms with Crippen molar-refractivity contribution in [3.05, 3.63) is 82.1 Å². The maximum atomic E-state index is 12.1. The zero-order valence-corrected chi connectivity index (χ0v) is 16.9. The van der Waals surface area contributed by atoms with Crippen LogP contribution in [0.1, 0.15) is 22.7 Å². The fourth-order valence-electron chi connectivity index (χ4n) is 3.41. The highest BCUT2D eigenvalue weighted by Crippen LogP contribution is 2.44. The summed E-state index contributed by atoms with van der Waals surface area (Å²) >= 11 is 3.22. The normalized spacial score (nSPS) is 11.8. The zero-order chi connectivity index (χ0) is 20.2. The summed E-state index contributed by atoms with van der Waals surface area (Å²) in [4.78, 5) is 16.2. The molecule has 1 heterocycles. The van der Waals surface area contributed by atoms with E-state index in [2.05, 4.69) is 62.3 Å². The van der Waals surface area contributed by atoms with Crippen LogP contribution in [-0.2, 0) is 4.74 Å². The minimum absolute atomic E-state index is 0.0122. The van der Waals surface area contributed by atoms with Crippen LogP contribution in [0.3, 0.4) is 0 Å². The van der Waals surface area contributed by atoms with Crippen molar-refractivity contribution in [1.29, 1.82) is 0 Å². The van der Waals surface area contributed by atoms with Gasteiger partial charge in [0.15, 0.2) is 5.69 Å². The van der Waals surface area contributed by atoms with Crippen molar-refractivity contribution in [3.8, 4) is 28.7 Å². The number of aromatic hydroxyl groups is 1. The highest BCUT2D eigenvalue weighted by Gasteiger charge is 2.28. The molecule has 4 rings (SSSR count). The molecular weight excluding hydrogens is 432 g/mol. The number of carbonyl (C=O) groups excluding carboxylic acids is 1. The molecule has 0 atom stereocenters. The molecule has 1 aliphatic carbocycles. The third-order valence-corrected chi connectivity index (χ3v) is 5.15. The second kappa shape index (κ2) is 8.38. The fraction of sp³-hybridized carbons (Fsp3) is 0.130. The van der Waals surface area contributed by atoms with Crippen molar-refractivity contribution in [1.82, 2.24) is 10.3 Å². The van der Waals surface area contributed by atoms with Crippen LogP contribution in [0.4, 0.5) is 4.79 Å². The summed E-state index contributed by atoms with van der Waals surface area (Å²) in [5.74, 6) is 5.48. The summed E-state index contributed by atoms with van der Waals surface area (Å²) in [6.07, 6.45) is -0.535. The molecule has 1 aromatic heterocycles. The lowest BCUT2D eigenvalue weighted by Gasteiger charge is -2.14. The molecule has 0 saturated carbocycles. The Labute approximate surface area is 176 Å². The minimum atomic E-state index is -0.535. The van der Waals surface area contributed by atoms with Crippen LogP contribution in [0.15, 0.2) is 65.3 Å². The number of amides is 1. The first kappa shape index (κ1) is 19.0. The molecule has 0 radical (unpaired) electrons. The van der Waals surface area contributed by atoms with Crippen LogP contribution in [0, 0.1) is 11.8 Å². The molecular formula is C23H17BrN2O3. The van der Waals surface area contributed by atoms with Crippen molar-refractivity contribution >= 4 is 22.0 Å². The molecule has 0 aliphatic heterocycles. The molecule has 0 unspecified atom stereocenters. The second-order valence-corrected chi connectivity index (χ2v) is 7.30. The first-order chi connectivity index (χ1) is 14.1. The van der Waals surface area contributed by atoms with Gasteiger partial charge in [0, 0.05) is 5.92 Å². The Balaban J connectivity index is 1.36. The van der Waals surface area contributed by atoms with E-state index in [1.54, 1.807) is 6.07 Å². The third kappa shape index (κ3) is 4.10. The molecule has 5 nitrogen and oxygen atoms in total. The largest absolute Gasteiger partial charge is 0.505 e. The number of hydrogen-bond donors (Lipinski definition) is 2. The summed E-state index contributed by atoms with van der Waals surface area (Å²) < 4.78 is 6.02. The smallest absolute Gasteiger partial charge is 0.407 e. The molecule has 0 fully saturated rings. The van der Waals surface area contributed by atoms with Gasteiger partial charge >= 0.3 is 6.09 Å². The number of hydrogen-bond acceptors (Lipinski definition) is 4. The van der Waals surface area contributed by atoms with Gasteiger partial charge in [-0.3, -0.25) is 0 Å². The van der Waals surface area contributed by atoms with Crippen molar-refractivity contribution in [2.24, 2.45) is 0 Å². The van der Waals surface area contributed by atoms with Crippen molar-refractivity contribution in [3.63, 3.8) is 0 Å². The number of nitrogens with one attached hydrogen (secondary N) is 1.